The Morgan fingerprint density at radius 3 is 2.44 bits per heavy atom. The molecule has 5 nitrogen and oxygen atoms in total. The number of carbonyl (C=O) groups is 2. The monoisotopic (exact) mass is 448 g/mol. The zero-order valence-electron chi connectivity index (χ0n) is 18.9. The van der Waals surface area contributed by atoms with Gasteiger partial charge in [0.05, 0.1) is 22.6 Å². The summed E-state index contributed by atoms with van der Waals surface area (Å²) in [5.41, 5.74) is 4.03. The lowest BCUT2D eigenvalue weighted by Gasteiger charge is -2.33. The Morgan fingerprint density at radius 2 is 1.81 bits per heavy atom. The first-order valence-corrected chi connectivity index (χ1v) is 11.9. The Bertz CT molecular complexity index is 1070. The molecule has 1 saturated heterocycles. The van der Waals surface area contributed by atoms with Crippen LogP contribution in [0.4, 0.5) is 0 Å². The highest BCUT2D eigenvalue weighted by atomic mass is 32.2. The maximum absolute atomic E-state index is 13.3. The number of benzene rings is 2. The second kappa shape index (κ2) is 9.33. The second-order valence-electron chi connectivity index (χ2n) is 8.40. The average molecular weight is 449 g/mol. The summed E-state index contributed by atoms with van der Waals surface area (Å²) in [5, 5.41) is 0.482. The lowest BCUT2D eigenvalue weighted by Crippen LogP contribution is -2.40. The first-order valence-electron chi connectivity index (χ1n) is 11.0. The van der Waals surface area contributed by atoms with E-state index in [9.17, 15) is 9.59 Å². The molecule has 4 rings (SSSR count). The van der Waals surface area contributed by atoms with Crippen LogP contribution in [0.15, 0.2) is 70.9 Å². The van der Waals surface area contributed by atoms with Crippen molar-refractivity contribution < 1.29 is 14.3 Å². The van der Waals surface area contributed by atoms with Gasteiger partial charge in [0.1, 0.15) is 6.61 Å². The van der Waals surface area contributed by atoms with Gasteiger partial charge in [0.25, 0.3) is 0 Å². The summed E-state index contributed by atoms with van der Waals surface area (Å²) in [6, 6.07) is 17.2. The van der Waals surface area contributed by atoms with Crippen LogP contribution in [0.1, 0.15) is 62.8 Å². The fourth-order valence-electron chi connectivity index (χ4n) is 4.03. The molecule has 166 valence electrons. The number of amides is 1. The Kier molecular flexibility index (Phi) is 6.51. The molecule has 1 fully saturated rings. The second-order valence-corrected chi connectivity index (χ2v) is 9.57. The van der Waals surface area contributed by atoms with E-state index in [1.54, 1.807) is 4.90 Å². The minimum Gasteiger partial charge on any atom is -0.457 e. The quantitative estimate of drug-likeness (QED) is 0.541. The van der Waals surface area contributed by atoms with Gasteiger partial charge in [0.2, 0.25) is 5.91 Å². The van der Waals surface area contributed by atoms with Crippen molar-refractivity contribution in [2.75, 3.05) is 0 Å². The van der Waals surface area contributed by atoms with Crippen LogP contribution in [-0.4, -0.2) is 27.2 Å². The van der Waals surface area contributed by atoms with Crippen LogP contribution in [0.2, 0.25) is 0 Å². The van der Waals surface area contributed by atoms with Crippen molar-refractivity contribution in [1.82, 2.24) is 4.90 Å². The SMILES string of the molecule is CC[C@H]1SC2=NC(C)=C(C(=O)OCc3ccccc3)[C@@H](c3ccc(C(C)C)cc3)N2C1=O. The minimum absolute atomic E-state index is 0.00459. The van der Waals surface area contributed by atoms with Gasteiger partial charge in [0, 0.05) is 0 Å². The zero-order valence-corrected chi connectivity index (χ0v) is 19.7. The predicted octanol–water partition coefficient (Wildman–Crippen LogP) is 5.59. The van der Waals surface area contributed by atoms with E-state index >= 15 is 0 Å². The van der Waals surface area contributed by atoms with Gasteiger partial charge < -0.3 is 4.74 Å². The summed E-state index contributed by atoms with van der Waals surface area (Å²) in [6.45, 7) is 8.28. The summed E-state index contributed by atoms with van der Waals surface area (Å²) < 4.78 is 5.68. The van der Waals surface area contributed by atoms with E-state index in [0.29, 0.717) is 28.8 Å². The molecule has 0 spiro atoms. The third-order valence-corrected chi connectivity index (χ3v) is 7.19. The van der Waals surface area contributed by atoms with E-state index in [1.807, 2.05) is 56.3 Å². The predicted molar refractivity (Wildman–Crippen MR) is 128 cm³/mol. The molecule has 0 saturated carbocycles. The lowest BCUT2D eigenvalue weighted by molar-refractivity contribution is -0.141. The van der Waals surface area contributed by atoms with E-state index in [-0.39, 0.29) is 17.8 Å². The molecule has 2 aliphatic heterocycles. The number of thioether (sulfide) groups is 1. The number of carbonyl (C=O) groups excluding carboxylic acids is 2. The molecule has 1 amide bonds. The summed E-state index contributed by atoms with van der Waals surface area (Å²) >= 11 is 1.48. The van der Waals surface area contributed by atoms with Crippen LogP contribution in [-0.2, 0) is 20.9 Å². The van der Waals surface area contributed by atoms with E-state index in [1.165, 1.54) is 17.3 Å². The molecule has 2 aromatic rings. The molecule has 2 aromatic carbocycles. The average Bonchev–Trinajstić information content (AvgIpc) is 3.12. The first kappa shape index (κ1) is 22.3. The number of allylic oxidation sites excluding steroid dienone is 1. The zero-order chi connectivity index (χ0) is 22.8. The summed E-state index contributed by atoms with van der Waals surface area (Å²) in [6.07, 6.45) is 0.713. The summed E-state index contributed by atoms with van der Waals surface area (Å²) in [5.74, 6) is -0.0477. The van der Waals surface area contributed by atoms with Gasteiger partial charge in [-0.2, -0.15) is 0 Å². The molecule has 2 aliphatic rings. The van der Waals surface area contributed by atoms with Gasteiger partial charge in [-0.1, -0.05) is 87.1 Å². The number of aliphatic imine (C=N–C) groups is 1. The minimum atomic E-state index is -0.538. The highest BCUT2D eigenvalue weighted by Gasteiger charge is 2.47. The van der Waals surface area contributed by atoms with Crippen molar-refractivity contribution in [1.29, 1.82) is 0 Å². The van der Waals surface area contributed by atoms with Crippen LogP contribution in [0.5, 0.6) is 0 Å². The van der Waals surface area contributed by atoms with Gasteiger partial charge in [-0.25, -0.2) is 9.79 Å². The molecule has 2 heterocycles. The number of esters is 1. The van der Waals surface area contributed by atoms with Gasteiger partial charge in [-0.15, -0.1) is 0 Å². The number of hydrogen-bond acceptors (Lipinski definition) is 5. The van der Waals surface area contributed by atoms with Gasteiger partial charge in [-0.3, -0.25) is 9.69 Å². The summed E-state index contributed by atoms with van der Waals surface area (Å²) in [4.78, 5) is 32.9. The molecular weight excluding hydrogens is 420 g/mol. The highest BCUT2D eigenvalue weighted by molar-refractivity contribution is 8.15. The molecular formula is C26H28N2O3S. The smallest absolute Gasteiger partial charge is 0.338 e. The van der Waals surface area contributed by atoms with E-state index < -0.39 is 12.0 Å². The maximum atomic E-state index is 13.3. The van der Waals surface area contributed by atoms with E-state index in [2.05, 4.69) is 31.0 Å². The largest absolute Gasteiger partial charge is 0.457 e. The molecule has 0 aliphatic carbocycles. The number of fused-ring (bicyclic) bond motifs is 1. The number of ether oxygens (including phenoxy) is 1. The molecule has 2 atom stereocenters. The van der Waals surface area contributed by atoms with Crippen LogP contribution in [0.25, 0.3) is 0 Å². The van der Waals surface area contributed by atoms with Crippen LogP contribution in [0, 0.1) is 0 Å². The lowest BCUT2D eigenvalue weighted by atomic mass is 9.92. The Balaban J connectivity index is 1.71. The Labute approximate surface area is 193 Å². The fraction of sp³-hybridized carbons (Fsp3) is 0.346. The fourth-order valence-corrected chi connectivity index (χ4v) is 5.16. The Morgan fingerprint density at radius 1 is 1.12 bits per heavy atom. The maximum Gasteiger partial charge on any atom is 0.338 e. The molecule has 0 N–H and O–H groups in total. The van der Waals surface area contributed by atoms with Crippen molar-refractivity contribution in [3.63, 3.8) is 0 Å². The van der Waals surface area contributed by atoms with E-state index in [4.69, 9.17) is 4.74 Å². The Hall–Kier alpha value is -2.86. The highest BCUT2D eigenvalue weighted by Crippen LogP contribution is 2.44. The topological polar surface area (TPSA) is 59.0 Å². The van der Waals surface area contributed by atoms with Crippen LogP contribution in [0.3, 0.4) is 0 Å². The molecule has 0 bridgehead atoms. The van der Waals surface area contributed by atoms with Gasteiger partial charge >= 0.3 is 5.97 Å². The van der Waals surface area contributed by atoms with Crippen molar-refractivity contribution in [2.45, 2.75) is 57.9 Å². The molecule has 6 heteroatoms. The first-order chi connectivity index (χ1) is 15.4. The number of nitrogens with zero attached hydrogens (tertiary/aromatic N) is 2. The van der Waals surface area contributed by atoms with Crippen LogP contribution < -0.4 is 0 Å². The molecule has 32 heavy (non-hydrogen) atoms. The normalized spacial score (nSPS) is 20.5. The third-order valence-electron chi connectivity index (χ3n) is 5.87. The van der Waals surface area contributed by atoms with Crippen molar-refractivity contribution in [2.24, 2.45) is 4.99 Å². The number of hydrogen-bond donors (Lipinski definition) is 0. The van der Waals surface area contributed by atoms with Crippen molar-refractivity contribution in [3.8, 4) is 0 Å². The molecule has 0 aromatic heterocycles. The summed E-state index contributed by atoms with van der Waals surface area (Å²) in [7, 11) is 0. The van der Waals surface area contributed by atoms with Crippen LogP contribution >= 0.6 is 11.8 Å². The van der Waals surface area contributed by atoms with Gasteiger partial charge in [0.15, 0.2) is 5.17 Å². The third kappa shape index (κ3) is 4.24. The number of rotatable bonds is 6. The van der Waals surface area contributed by atoms with Gasteiger partial charge in [-0.05, 0) is 36.0 Å². The standard InChI is InChI=1S/C26H28N2O3S/c1-5-21-24(29)28-23(20-13-11-19(12-14-20)16(2)3)22(17(4)27-26(28)32-21)25(30)31-15-18-9-7-6-8-10-18/h6-14,16,21,23H,5,15H2,1-4H3/t21-,23-/m1/s1. The molecule has 0 radical (unpaired) electrons. The van der Waals surface area contributed by atoms with Crippen molar-refractivity contribution in [3.05, 3.63) is 82.6 Å². The molecule has 0 unspecified atom stereocenters. The number of amidine groups is 1. The van der Waals surface area contributed by atoms with E-state index in [0.717, 1.165) is 11.1 Å². The van der Waals surface area contributed by atoms with Crippen molar-refractivity contribution >= 4 is 28.8 Å².